The first-order valence-electron chi connectivity index (χ1n) is 14.0. The van der Waals surface area contributed by atoms with Crippen molar-refractivity contribution in [1.29, 1.82) is 0 Å². The lowest BCUT2D eigenvalue weighted by Gasteiger charge is -2.48. The Morgan fingerprint density at radius 2 is 1.28 bits per heavy atom. The molecule has 7 heteroatoms. The molecule has 6 nitrogen and oxygen atoms in total. The molecule has 2 aromatic rings. The molecule has 0 spiro atoms. The van der Waals surface area contributed by atoms with E-state index in [1.165, 1.54) is 10.4 Å². The minimum atomic E-state index is -2.78. The molecular formula is C32H47NO5Si. The lowest BCUT2D eigenvalue weighted by molar-refractivity contribution is -0.156. The molecule has 1 amide bonds. The van der Waals surface area contributed by atoms with Crippen LogP contribution in [0.2, 0.25) is 5.04 Å². The summed E-state index contributed by atoms with van der Waals surface area (Å²) in [4.78, 5) is 27.8. The molecule has 1 heterocycles. The van der Waals surface area contributed by atoms with Crippen LogP contribution < -0.4 is 10.4 Å². The second kappa shape index (κ2) is 11.8. The Morgan fingerprint density at radius 3 is 1.72 bits per heavy atom. The summed E-state index contributed by atoms with van der Waals surface area (Å²) in [6, 6.07) is 20.7. The predicted molar refractivity (Wildman–Crippen MR) is 159 cm³/mol. The zero-order chi connectivity index (χ0) is 29.1. The molecule has 0 N–H and O–H groups in total. The van der Waals surface area contributed by atoms with E-state index in [2.05, 4.69) is 69.3 Å². The van der Waals surface area contributed by atoms with Crippen LogP contribution in [0.15, 0.2) is 60.7 Å². The number of likely N-dealkylation sites (tertiary alicyclic amines) is 1. The van der Waals surface area contributed by atoms with E-state index in [0.717, 1.165) is 0 Å². The van der Waals surface area contributed by atoms with Crippen molar-refractivity contribution in [3.05, 3.63) is 60.7 Å². The highest BCUT2D eigenvalue weighted by atomic mass is 28.4. The third-order valence-corrected chi connectivity index (χ3v) is 12.0. The van der Waals surface area contributed by atoms with E-state index in [1.54, 1.807) is 4.90 Å². The molecule has 39 heavy (non-hydrogen) atoms. The van der Waals surface area contributed by atoms with Crippen molar-refractivity contribution in [3.63, 3.8) is 0 Å². The molecule has 0 saturated carbocycles. The number of carbonyl (C=O) groups is 2. The second-order valence-electron chi connectivity index (χ2n) is 13.5. The Labute approximate surface area is 236 Å². The molecule has 1 aliphatic heterocycles. The monoisotopic (exact) mass is 553 g/mol. The number of piperidine rings is 1. The number of esters is 1. The summed E-state index contributed by atoms with van der Waals surface area (Å²) in [5.41, 5.74) is -1.23. The maximum absolute atomic E-state index is 13.2. The minimum absolute atomic E-state index is 0.0944. The highest BCUT2D eigenvalue weighted by Crippen LogP contribution is 2.39. The molecule has 1 aliphatic rings. The number of rotatable bonds is 6. The van der Waals surface area contributed by atoms with Crippen LogP contribution >= 0.6 is 0 Å². The van der Waals surface area contributed by atoms with Crippen molar-refractivity contribution >= 4 is 30.8 Å². The topological polar surface area (TPSA) is 65.1 Å². The fourth-order valence-electron chi connectivity index (χ4n) is 5.39. The average Bonchev–Trinajstić information content (AvgIpc) is 2.80. The third-order valence-electron chi connectivity index (χ3n) is 6.88. The molecule has 0 aromatic heterocycles. The van der Waals surface area contributed by atoms with E-state index in [1.807, 2.05) is 53.7 Å². The van der Waals surface area contributed by atoms with Crippen LogP contribution in [-0.2, 0) is 18.7 Å². The molecule has 1 fully saturated rings. The first-order chi connectivity index (χ1) is 18.0. The van der Waals surface area contributed by atoms with E-state index >= 15 is 0 Å². The summed E-state index contributed by atoms with van der Waals surface area (Å²) in [7, 11) is -2.78. The van der Waals surface area contributed by atoms with E-state index in [4.69, 9.17) is 13.9 Å². The lowest BCUT2D eigenvalue weighted by Crippen LogP contribution is -2.68. The molecule has 214 valence electrons. The SMILES string of the molecule is CC(C)(C)OC(=O)C[C@H]1C[C@@H](O[Si](c2ccccc2)(c2ccccc2)C(C)(C)C)CCN1C(=O)OC(C)(C)C. The fourth-order valence-corrected chi connectivity index (χ4v) is 10.1. The molecule has 0 aliphatic carbocycles. The predicted octanol–water partition coefficient (Wildman–Crippen LogP) is 6.06. The van der Waals surface area contributed by atoms with Crippen LogP contribution in [-0.4, -0.2) is 55.2 Å². The second-order valence-corrected chi connectivity index (χ2v) is 17.8. The number of benzene rings is 2. The van der Waals surface area contributed by atoms with Crippen LogP contribution in [0.25, 0.3) is 0 Å². The summed E-state index contributed by atoms with van der Waals surface area (Å²) < 4.78 is 18.7. The summed E-state index contributed by atoms with van der Waals surface area (Å²) in [6.45, 7) is 18.3. The van der Waals surface area contributed by atoms with Gasteiger partial charge in [-0.05, 0) is 69.8 Å². The van der Waals surface area contributed by atoms with Gasteiger partial charge in [-0.25, -0.2) is 4.79 Å². The van der Waals surface area contributed by atoms with Gasteiger partial charge in [-0.15, -0.1) is 0 Å². The Hall–Kier alpha value is -2.64. The number of carbonyl (C=O) groups excluding carboxylic acids is 2. The van der Waals surface area contributed by atoms with Crippen molar-refractivity contribution in [2.75, 3.05) is 6.54 Å². The Kier molecular flexibility index (Phi) is 9.38. The van der Waals surface area contributed by atoms with Gasteiger partial charge in [0, 0.05) is 18.7 Å². The van der Waals surface area contributed by atoms with Gasteiger partial charge in [0.05, 0.1) is 6.42 Å². The lowest BCUT2D eigenvalue weighted by atomic mass is 9.97. The van der Waals surface area contributed by atoms with Gasteiger partial charge in [0.25, 0.3) is 8.32 Å². The summed E-state index contributed by atoms with van der Waals surface area (Å²) in [5.74, 6) is -0.327. The first-order valence-corrected chi connectivity index (χ1v) is 15.9. The van der Waals surface area contributed by atoms with Gasteiger partial charge in [-0.3, -0.25) is 4.79 Å². The van der Waals surface area contributed by atoms with Crippen LogP contribution in [0, 0.1) is 0 Å². The van der Waals surface area contributed by atoms with Gasteiger partial charge in [0.2, 0.25) is 0 Å². The average molecular weight is 554 g/mol. The van der Waals surface area contributed by atoms with E-state index in [0.29, 0.717) is 19.4 Å². The Balaban J connectivity index is 1.98. The van der Waals surface area contributed by atoms with E-state index in [9.17, 15) is 9.59 Å². The minimum Gasteiger partial charge on any atom is -0.460 e. The fraction of sp³-hybridized carbons (Fsp3) is 0.562. The van der Waals surface area contributed by atoms with Crippen LogP contribution in [0.1, 0.15) is 81.6 Å². The highest BCUT2D eigenvalue weighted by Gasteiger charge is 2.52. The van der Waals surface area contributed by atoms with Crippen molar-refractivity contribution in [2.24, 2.45) is 0 Å². The van der Waals surface area contributed by atoms with Crippen molar-refractivity contribution in [2.45, 2.75) is 110 Å². The molecular weight excluding hydrogens is 506 g/mol. The van der Waals surface area contributed by atoms with E-state index < -0.39 is 25.6 Å². The highest BCUT2D eigenvalue weighted by molar-refractivity contribution is 6.99. The summed E-state index contributed by atoms with van der Waals surface area (Å²) >= 11 is 0. The van der Waals surface area contributed by atoms with Gasteiger partial charge in [0.1, 0.15) is 11.2 Å². The van der Waals surface area contributed by atoms with Crippen LogP contribution in [0.5, 0.6) is 0 Å². The zero-order valence-electron chi connectivity index (χ0n) is 25.2. The number of nitrogens with zero attached hydrogens (tertiary/aromatic N) is 1. The van der Waals surface area contributed by atoms with Crippen molar-refractivity contribution in [3.8, 4) is 0 Å². The smallest absolute Gasteiger partial charge is 0.410 e. The van der Waals surface area contributed by atoms with E-state index in [-0.39, 0.29) is 29.6 Å². The molecule has 1 saturated heterocycles. The summed E-state index contributed by atoms with van der Waals surface area (Å²) in [5, 5.41) is 2.25. The largest absolute Gasteiger partial charge is 0.460 e. The normalized spacial score (nSPS) is 18.9. The quantitative estimate of drug-likeness (QED) is 0.321. The molecule has 0 bridgehead atoms. The Morgan fingerprint density at radius 1 is 0.795 bits per heavy atom. The molecule has 3 rings (SSSR count). The number of hydrogen-bond donors (Lipinski definition) is 0. The maximum atomic E-state index is 13.2. The third kappa shape index (κ3) is 7.95. The van der Waals surface area contributed by atoms with Crippen LogP contribution in [0.3, 0.4) is 0 Å². The number of amides is 1. The van der Waals surface area contributed by atoms with Gasteiger partial charge < -0.3 is 18.8 Å². The maximum Gasteiger partial charge on any atom is 0.410 e. The Bertz CT molecular complexity index is 1060. The number of ether oxygens (including phenoxy) is 2. The van der Waals surface area contributed by atoms with Gasteiger partial charge in [-0.2, -0.15) is 0 Å². The summed E-state index contributed by atoms with van der Waals surface area (Å²) in [6.07, 6.45) is 0.747. The standard InChI is InChI=1S/C32H47NO5Si/c1-30(2,3)36-28(34)23-24-22-25(20-21-33(24)29(35)37-31(4,5)6)38-39(32(7,8)9,26-16-12-10-13-17-26)27-18-14-11-15-19-27/h10-19,24-25H,20-23H2,1-9H3/t24-,25+/m1/s1. The van der Waals surface area contributed by atoms with Crippen molar-refractivity contribution < 1.29 is 23.5 Å². The molecule has 2 atom stereocenters. The number of hydrogen-bond acceptors (Lipinski definition) is 5. The molecule has 0 radical (unpaired) electrons. The van der Waals surface area contributed by atoms with Crippen LogP contribution in [0.4, 0.5) is 4.79 Å². The zero-order valence-corrected chi connectivity index (χ0v) is 26.2. The molecule has 2 aromatic carbocycles. The van der Waals surface area contributed by atoms with Crippen molar-refractivity contribution in [1.82, 2.24) is 4.90 Å². The molecule has 0 unspecified atom stereocenters. The van der Waals surface area contributed by atoms with Gasteiger partial charge >= 0.3 is 12.1 Å². The van der Waals surface area contributed by atoms with Gasteiger partial charge in [0.15, 0.2) is 0 Å². The first kappa shape index (κ1) is 30.9. The van der Waals surface area contributed by atoms with Gasteiger partial charge in [-0.1, -0.05) is 81.4 Å².